The predicted molar refractivity (Wildman–Crippen MR) is 110 cm³/mol. The second-order valence-corrected chi connectivity index (χ2v) is 6.59. The van der Waals surface area contributed by atoms with Gasteiger partial charge >= 0.3 is 6.18 Å². The molecule has 31 heavy (non-hydrogen) atoms. The number of nitrogens with one attached hydrogen (secondary N) is 2. The van der Waals surface area contributed by atoms with Crippen molar-refractivity contribution in [3.8, 4) is 0 Å². The predicted octanol–water partition coefficient (Wildman–Crippen LogP) is 4.77. The summed E-state index contributed by atoms with van der Waals surface area (Å²) in [5.74, 6) is -1.07. The average Bonchev–Trinajstić information content (AvgIpc) is 2.75. The summed E-state index contributed by atoms with van der Waals surface area (Å²) in [7, 11) is 0. The van der Waals surface area contributed by atoms with Gasteiger partial charge in [-0.15, -0.1) is 0 Å². The van der Waals surface area contributed by atoms with Crippen LogP contribution in [0.15, 0.2) is 72.0 Å². The van der Waals surface area contributed by atoms with Gasteiger partial charge < -0.3 is 5.32 Å². The lowest BCUT2D eigenvalue weighted by atomic mass is 10.1. The smallest absolute Gasteiger partial charge is 0.322 e. The Hall–Kier alpha value is -3.72. The summed E-state index contributed by atoms with van der Waals surface area (Å²) in [5, 5.41) is 5.76. The van der Waals surface area contributed by atoms with Crippen LogP contribution in [0, 0.1) is 0 Å². The van der Waals surface area contributed by atoms with Gasteiger partial charge in [0.25, 0.3) is 11.8 Å². The Morgan fingerprint density at radius 3 is 2.39 bits per heavy atom. The van der Waals surface area contributed by atoms with Gasteiger partial charge in [-0.2, -0.15) is 18.3 Å². The van der Waals surface area contributed by atoms with Gasteiger partial charge in [0, 0.05) is 17.4 Å². The molecule has 0 spiro atoms. The molecule has 0 unspecified atom stereocenters. The fraction of sp³-hybridized carbons (Fsp3) is 0.0476. The largest absolute Gasteiger partial charge is 0.417 e. The van der Waals surface area contributed by atoms with Crippen LogP contribution >= 0.6 is 11.6 Å². The molecule has 0 saturated heterocycles. The number of aromatic nitrogens is 1. The Morgan fingerprint density at radius 1 is 1.00 bits per heavy atom. The number of amides is 2. The summed E-state index contributed by atoms with van der Waals surface area (Å²) in [5.41, 5.74) is 2.27. The molecular formula is C21H14ClF3N4O2. The van der Waals surface area contributed by atoms with E-state index < -0.39 is 28.6 Å². The lowest BCUT2D eigenvalue weighted by Gasteiger charge is -2.12. The van der Waals surface area contributed by atoms with E-state index >= 15 is 0 Å². The molecule has 2 N–H and O–H groups in total. The van der Waals surface area contributed by atoms with E-state index in [0.717, 1.165) is 12.1 Å². The zero-order valence-electron chi connectivity index (χ0n) is 15.7. The van der Waals surface area contributed by atoms with Crippen LogP contribution in [0.4, 0.5) is 18.9 Å². The normalized spacial score (nSPS) is 11.4. The quantitative estimate of drug-likeness (QED) is 0.437. The Bertz CT molecular complexity index is 1120. The first-order chi connectivity index (χ1) is 14.7. The summed E-state index contributed by atoms with van der Waals surface area (Å²) >= 11 is 5.57. The summed E-state index contributed by atoms with van der Waals surface area (Å²) < 4.78 is 38.8. The molecule has 1 aromatic heterocycles. The molecule has 0 fully saturated rings. The number of anilines is 1. The van der Waals surface area contributed by atoms with E-state index in [9.17, 15) is 22.8 Å². The molecule has 0 aliphatic carbocycles. The zero-order valence-corrected chi connectivity index (χ0v) is 16.4. The third-order valence-electron chi connectivity index (χ3n) is 3.98. The van der Waals surface area contributed by atoms with Crippen molar-refractivity contribution in [2.45, 2.75) is 6.18 Å². The first-order valence-electron chi connectivity index (χ1n) is 8.76. The maximum absolute atomic E-state index is 12.9. The third-order valence-corrected chi connectivity index (χ3v) is 4.31. The van der Waals surface area contributed by atoms with Crippen molar-refractivity contribution in [3.05, 3.63) is 94.3 Å². The molecule has 3 aromatic rings. The zero-order chi connectivity index (χ0) is 22.4. The van der Waals surface area contributed by atoms with Gasteiger partial charge in [-0.05, 0) is 48.0 Å². The van der Waals surface area contributed by atoms with E-state index in [2.05, 4.69) is 20.8 Å². The van der Waals surface area contributed by atoms with Crippen LogP contribution in [0.25, 0.3) is 0 Å². The number of nitrogens with zero attached hydrogens (tertiary/aromatic N) is 2. The summed E-state index contributed by atoms with van der Waals surface area (Å²) in [6, 6.07) is 14.1. The minimum atomic E-state index is -4.63. The maximum atomic E-state index is 12.9. The highest BCUT2D eigenvalue weighted by molar-refractivity contribution is 6.31. The van der Waals surface area contributed by atoms with Crippen molar-refractivity contribution < 1.29 is 22.8 Å². The summed E-state index contributed by atoms with van der Waals surface area (Å²) in [6.45, 7) is 0. The molecule has 3 rings (SSSR count). The van der Waals surface area contributed by atoms with Gasteiger partial charge in [0.1, 0.15) is 5.69 Å². The molecule has 2 amide bonds. The minimum Gasteiger partial charge on any atom is -0.322 e. The maximum Gasteiger partial charge on any atom is 0.417 e. The van der Waals surface area contributed by atoms with Crippen molar-refractivity contribution in [1.82, 2.24) is 10.4 Å². The molecule has 6 nitrogen and oxygen atoms in total. The van der Waals surface area contributed by atoms with Gasteiger partial charge in [0.2, 0.25) is 0 Å². The number of alkyl halides is 3. The molecule has 0 aliphatic rings. The summed E-state index contributed by atoms with van der Waals surface area (Å²) in [4.78, 5) is 28.0. The minimum absolute atomic E-state index is 0.0374. The number of pyridine rings is 1. The van der Waals surface area contributed by atoms with Crippen molar-refractivity contribution in [2.24, 2.45) is 5.10 Å². The van der Waals surface area contributed by atoms with Gasteiger partial charge in [-0.3, -0.25) is 14.6 Å². The molecular weight excluding hydrogens is 433 g/mol. The molecule has 2 aromatic carbocycles. The molecule has 0 bridgehead atoms. The second-order valence-electron chi connectivity index (χ2n) is 6.18. The van der Waals surface area contributed by atoms with Gasteiger partial charge in [-0.25, -0.2) is 5.43 Å². The number of hydrogen-bond acceptors (Lipinski definition) is 4. The van der Waals surface area contributed by atoms with E-state index in [1.807, 2.05) is 0 Å². The fourth-order valence-electron chi connectivity index (χ4n) is 2.46. The van der Waals surface area contributed by atoms with Gasteiger partial charge in [-0.1, -0.05) is 29.8 Å². The lowest BCUT2D eigenvalue weighted by molar-refractivity contribution is -0.137. The highest BCUT2D eigenvalue weighted by Crippen LogP contribution is 2.36. The van der Waals surface area contributed by atoms with E-state index in [1.165, 1.54) is 36.7 Å². The van der Waals surface area contributed by atoms with Crippen LogP contribution in [-0.4, -0.2) is 23.0 Å². The van der Waals surface area contributed by atoms with Crippen molar-refractivity contribution >= 4 is 35.3 Å². The molecule has 0 atom stereocenters. The number of carbonyl (C=O) groups excluding carboxylic acids is 2. The first kappa shape index (κ1) is 22.0. The molecule has 158 valence electrons. The monoisotopic (exact) mass is 446 g/mol. The standard InChI is InChI=1S/C21H14ClF3N4O2/c22-17-9-8-15(11-16(17)21(23,24)25)28-19(30)14-6-4-13(5-7-14)12-27-29-20(31)18-3-1-2-10-26-18/h1-12H,(H,28,30)(H,29,31)/b27-12+. The molecule has 0 radical (unpaired) electrons. The Balaban J connectivity index is 1.62. The highest BCUT2D eigenvalue weighted by Gasteiger charge is 2.33. The SMILES string of the molecule is O=C(Nc1ccc(Cl)c(C(F)(F)F)c1)c1ccc(/C=N/NC(=O)c2ccccn2)cc1. The van der Waals surface area contributed by atoms with E-state index in [1.54, 1.807) is 24.3 Å². The van der Waals surface area contributed by atoms with Crippen LogP contribution < -0.4 is 10.7 Å². The second kappa shape index (κ2) is 9.40. The van der Waals surface area contributed by atoms with Crippen molar-refractivity contribution in [3.63, 3.8) is 0 Å². The van der Waals surface area contributed by atoms with Crippen molar-refractivity contribution in [1.29, 1.82) is 0 Å². The number of hydrogen-bond donors (Lipinski definition) is 2. The number of benzene rings is 2. The molecule has 1 heterocycles. The van der Waals surface area contributed by atoms with E-state index in [-0.39, 0.29) is 16.9 Å². The first-order valence-corrected chi connectivity index (χ1v) is 9.14. The summed E-state index contributed by atoms with van der Waals surface area (Å²) in [6.07, 6.45) is -1.78. The van der Waals surface area contributed by atoms with Crippen molar-refractivity contribution in [2.75, 3.05) is 5.32 Å². The van der Waals surface area contributed by atoms with Crippen LogP contribution in [0.5, 0.6) is 0 Å². The number of carbonyl (C=O) groups is 2. The highest BCUT2D eigenvalue weighted by atomic mass is 35.5. The molecule has 10 heteroatoms. The molecule has 0 saturated carbocycles. The van der Waals surface area contributed by atoms with Crippen LogP contribution in [0.2, 0.25) is 5.02 Å². The average molecular weight is 447 g/mol. The van der Waals surface area contributed by atoms with E-state index in [0.29, 0.717) is 5.56 Å². The van der Waals surface area contributed by atoms with Crippen LogP contribution in [0.1, 0.15) is 32.0 Å². The van der Waals surface area contributed by atoms with Crippen LogP contribution in [-0.2, 0) is 6.18 Å². The Labute approximate surface area is 179 Å². The fourth-order valence-corrected chi connectivity index (χ4v) is 2.69. The number of halogens is 4. The van der Waals surface area contributed by atoms with Gasteiger partial charge in [0.15, 0.2) is 0 Å². The Kier molecular flexibility index (Phi) is 6.66. The Morgan fingerprint density at radius 2 is 1.74 bits per heavy atom. The third kappa shape index (κ3) is 5.89. The van der Waals surface area contributed by atoms with E-state index in [4.69, 9.17) is 11.6 Å². The number of rotatable bonds is 5. The van der Waals surface area contributed by atoms with Gasteiger partial charge in [0.05, 0.1) is 16.8 Å². The number of hydrazone groups is 1. The van der Waals surface area contributed by atoms with Crippen LogP contribution in [0.3, 0.4) is 0 Å². The molecule has 0 aliphatic heterocycles. The lowest BCUT2D eigenvalue weighted by Crippen LogP contribution is -2.18. The topological polar surface area (TPSA) is 83.5 Å².